The van der Waals surface area contributed by atoms with E-state index in [0.29, 0.717) is 5.92 Å². The summed E-state index contributed by atoms with van der Waals surface area (Å²) in [4.78, 5) is 5.20. The summed E-state index contributed by atoms with van der Waals surface area (Å²) in [6.07, 6.45) is 9.51. The first kappa shape index (κ1) is 33.4. The van der Waals surface area contributed by atoms with Crippen molar-refractivity contribution in [3.8, 4) is 22.3 Å². The molecule has 7 aromatic carbocycles. The second kappa shape index (κ2) is 12.9. The molecule has 3 aliphatic rings. The van der Waals surface area contributed by atoms with E-state index in [1.165, 1.54) is 92.4 Å². The molecule has 2 atom stereocenters. The molecule has 0 saturated heterocycles. The van der Waals surface area contributed by atoms with Crippen molar-refractivity contribution in [1.82, 2.24) is 9.88 Å². The summed E-state index contributed by atoms with van der Waals surface area (Å²) in [5.74, 6) is 0.458. The van der Waals surface area contributed by atoms with E-state index in [1.54, 1.807) is 0 Å². The molecule has 9 aromatic rings. The van der Waals surface area contributed by atoms with Crippen LogP contribution in [0.15, 0.2) is 181 Å². The molecule has 0 saturated carbocycles. The van der Waals surface area contributed by atoms with Gasteiger partial charge in [0, 0.05) is 48.7 Å². The molecule has 1 aliphatic heterocycles. The van der Waals surface area contributed by atoms with Crippen molar-refractivity contribution in [2.75, 3.05) is 0 Å². The molecule has 3 heterocycles. The molecule has 0 amide bonds. The Morgan fingerprint density at radius 1 is 0.621 bits per heavy atom. The fourth-order valence-electron chi connectivity index (χ4n) is 10.2. The van der Waals surface area contributed by atoms with Gasteiger partial charge >= 0.3 is 0 Å². The Bertz CT molecular complexity index is 3150. The minimum Gasteiger partial charge on any atom is -0.346 e. The van der Waals surface area contributed by atoms with Crippen LogP contribution in [-0.2, 0) is 11.8 Å². The van der Waals surface area contributed by atoms with Crippen LogP contribution in [0.5, 0.6) is 0 Å². The third-order valence-electron chi connectivity index (χ3n) is 12.7. The topological polar surface area (TPSA) is 29.3 Å². The summed E-state index contributed by atoms with van der Waals surface area (Å²) in [5, 5.41) is 7.84. The Morgan fingerprint density at radius 2 is 1.26 bits per heavy atom. The standard InChI is InChI=1S/C54H39N3S/c1-34-26-29-49-45(32-34)41-28-27-37(54(36-16-6-3-7-17-36)46-24-10-8-18-39(46)40-19-9-11-25-47(40)54)33-50(41)57(49)53-55-31-30-48(56-53)44-23-13-22-43-42-21-12-20-38(51(42)58-52(43)44)35-14-4-2-5-15-35/h2-31,33-34,53,56H,32H2,1H3. The number of nitrogens with zero attached hydrogens (tertiary/aromatic N) is 2. The average Bonchev–Trinajstić information content (AvgIpc) is 3.93. The number of aromatic nitrogens is 1. The molecule has 2 unspecified atom stereocenters. The van der Waals surface area contributed by atoms with Gasteiger partial charge in [0.2, 0.25) is 6.29 Å². The van der Waals surface area contributed by atoms with Crippen molar-refractivity contribution in [2.24, 2.45) is 10.9 Å². The normalized spacial score (nSPS) is 17.6. The lowest BCUT2D eigenvalue weighted by molar-refractivity contribution is 0.492. The van der Waals surface area contributed by atoms with Crippen LogP contribution >= 0.6 is 11.3 Å². The van der Waals surface area contributed by atoms with Crippen LogP contribution in [0, 0.1) is 5.92 Å². The second-order valence-electron chi connectivity index (χ2n) is 15.9. The fraction of sp³-hybridized carbons (Fsp3) is 0.0926. The van der Waals surface area contributed by atoms with Crippen LogP contribution in [0.25, 0.3) is 65.1 Å². The summed E-state index contributed by atoms with van der Waals surface area (Å²) >= 11 is 1.89. The van der Waals surface area contributed by atoms with Gasteiger partial charge in [-0.2, -0.15) is 0 Å². The minimum atomic E-state index is -0.481. The van der Waals surface area contributed by atoms with E-state index in [-0.39, 0.29) is 6.29 Å². The maximum Gasteiger partial charge on any atom is 0.200 e. The highest BCUT2D eigenvalue weighted by Gasteiger charge is 2.46. The van der Waals surface area contributed by atoms with Crippen molar-refractivity contribution < 1.29 is 0 Å². The summed E-state index contributed by atoms with van der Waals surface area (Å²) in [6, 6.07) is 60.6. The number of hydrogen-bond acceptors (Lipinski definition) is 3. The first-order valence-electron chi connectivity index (χ1n) is 20.3. The van der Waals surface area contributed by atoms with Crippen LogP contribution in [0.2, 0.25) is 0 Å². The number of rotatable bonds is 5. The summed E-state index contributed by atoms with van der Waals surface area (Å²) in [7, 11) is 0. The fourth-order valence-corrected chi connectivity index (χ4v) is 11.6. The first-order valence-corrected chi connectivity index (χ1v) is 21.1. The lowest BCUT2D eigenvalue weighted by atomic mass is 9.67. The van der Waals surface area contributed by atoms with Crippen molar-refractivity contribution in [3.63, 3.8) is 0 Å². The first-order chi connectivity index (χ1) is 28.7. The van der Waals surface area contributed by atoms with Gasteiger partial charge in [-0.1, -0.05) is 171 Å². The molecule has 0 radical (unpaired) electrons. The van der Waals surface area contributed by atoms with Crippen molar-refractivity contribution in [1.29, 1.82) is 0 Å². The highest BCUT2D eigenvalue weighted by molar-refractivity contribution is 7.26. The smallest absolute Gasteiger partial charge is 0.200 e. The van der Waals surface area contributed by atoms with E-state index < -0.39 is 5.41 Å². The highest BCUT2D eigenvalue weighted by Crippen LogP contribution is 2.56. The third-order valence-corrected chi connectivity index (χ3v) is 14.0. The van der Waals surface area contributed by atoms with Crippen LogP contribution in [0.4, 0.5) is 0 Å². The van der Waals surface area contributed by atoms with Gasteiger partial charge in [-0.25, -0.2) is 4.99 Å². The highest BCUT2D eigenvalue weighted by atomic mass is 32.1. The molecule has 58 heavy (non-hydrogen) atoms. The number of allylic oxidation sites excluding steroid dienone is 2. The predicted molar refractivity (Wildman–Crippen MR) is 245 cm³/mol. The molecular weight excluding hydrogens is 723 g/mol. The Balaban J connectivity index is 1.04. The maximum absolute atomic E-state index is 5.20. The number of benzene rings is 7. The third kappa shape index (κ3) is 4.76. The number of hydrogen-bond donors (Lipinski definition) is 1. The van der Waals surface area contributed by atoms with Gasteiger partial charge < -0.3 is 9.88 Å². The Kier molecular flexibility index (Phi) is 7.42. The van der Waals surface area contributed by atoms with Gasteiger partial charge in [0.15, 0.2) is 0 Å². The van der Waals surface area contributed by atoms with Gasteiger partial charge in [-0.05, 0) is 80.6 Å². The zero-order valence-corrected chi connectivity index (χ0v) is 32.9. The van der Waals surface area contributed by atoms with Gasteiger partial charge in [-0.3, -0.25) is 0 Å². The van der Waals surface area contributed by atoms with E-state index >= 15 is 0 Å². The molecular formula is C54H39N3S. The largest absolute Gasteiger partial charge is 0.346 e. The van der Waals surface area contributed by atoms with Gasteiger partial charge in [0.25, 0.3) is 0 Å². The van der Waals surface area contributed by atoms with Crippen molar-refractivity contribution >= 4 is 60.4 Å². The molecule has 1 N–H and O–H groups in total. The van der Waals surface area contributed by atoms with E-state index in [1.807, 2.05) is 17.6 Å². The van der Waals surface area contributed by atoms with Crippen LogP contribution < -0.4 is 5.32 Å². The molecule has 4 heteroatoms. The minimum absolute atomic E-state index is 0.333. The second-order valence-corrected chi connectivity index (χ2v) is 17.0. The summed E-state index contributed by atoms with van der Waals surface area (Å²) < 4.78 is 5.06. The molecule has 0 bridgehead atoms. The zero-order chi connectivity index (χ0) is 38.4. The SMILES string of the molecule is CC1C=Cc2c(c3ccc(C4(c5ccccc5)c5ccccc5-c5ccccc54)cc3n2C2N=CC=C(c3cccc4c3sc3c(-c5ccccc5)cccc34)N2)C1. The van der Waals surface area contributed by atoms with E-state index in [2.05, 4.69) is 199 Å². The van der Waals surface area contributed by atoms with Gasteiger partial charge in [-0.15, -0.1) is 11.3 Å². The van der Waals surface area contributed by atoms with Gasteiger partial charge in [0.1, 0.15) is 0 Å². The summed E-state index contributed by atoms with van der Waals surface area (Å²) in [6.45, 7) is 2.32. The quantitative estimate of drug-likeness (QED) is 0.186. The number of thiophene rings is 1. The number of fused-ring (bicyclic) bond motifs is 9. The number of nitrogens with one attached hydrogen (secondary N) is 1. The van der Waals surface area contributed by atoms with Crippen LogP contribution in [0.3, 0.4) is 0 Å². The van der Waals surface area contributed by atoms with Crippen LogP contribution in [0.1, 0.15) is 52.3 Å². The Morgan fingerprint density at radius 3 is 2.00 bits per heavy atom. The zero-order valence-electron chi connectivity index (χ0n) is 32.1. The Hall–Kier alpha value is -6.75. The van der Waals surface area contributed by atoms with Gasteiger partial charge in [0.05, 0.1) is 10.9 Å². The number of aliphatic imine (C=N–C) groups is 1. The average molecular weight is 762 g/mol. The maximum atomic E-state index is 5.20. The molecule has 12 rings (SSSR count). The Labute approximate surface area is 342 Å². The molecule has 3 nitrogen and oxygen atoms in total. The molecule has 2 aromatic heterocycles. The van der Waals surface area contributed by atoms with Crippen molar-refractivity contribution in [2.45, 2.75) is 25.0 Å². The molecule has 0 spiro atoms. The summed E-state index contributed by atoms with van der Waals surface area (Å²) in [5.41, 5.74) is 15.9. The van der Waals surface area contributed by atoms with Crippen LogP contribution in [-0.4, -0.2) is 10.8 Å². The van der Waals surface area contributed by atoms with E-state index in [9.17, 15) is 0 Å². The van der Waals surface area contributed by atoms with E-state index in [0.717, 1.165) is 12.1 Å². The monoisotopic (exact) mass is 761 g/mol. The molecule has 0 fully saturated rings. The lowest BCUT2D eigenvalue weighted by Crippen LogP contribution is -2.29. The lowest BCUT2D eigenvalue weighted by Gasteiger charge is -2.34. The molecule has 276 valence electrons. The van der Waals surface area contributed by atoms with E-state index in [4.69, 9.17) is 4.99 Å². The molecule has 2 aliphatic carbocycles. The predicted octanol–water partition coefficient (Wildman–Crippen LogP) is 13.4. The van der Waals surface area contributed by atoms with Crippen molar-refractivity contribution in [3.05, 3.63) is 215 Å².